The lowest BCUT2D eigenvalue weighted by Crippen LogP contribution is -2.53. The molecular formula is C13H20N4O3. The van der Waals surface area contributed by atoms with Gasteiger partial charge in [0.1, 0.15) is 24.6 Å². The molecule has 1 saturated heterocycles. The number of nitrogens with zero attached hydrogens (tertiary/aromatic N) is 3. The van der Waals surface area contributed by atoms with Gasteiger partial charge in [0.2, 0.25) is 11.8 Å². The van der Waals surface area contributed by atoms with Crippen molar-refractivity contribution in [3.05, 3.63) is 18.2 Å². The SMILES string of the molecule is CCN1C(=O)CO[C@H](CNC(C)=O)[C@H]1c1nccn1C. The Kier molecular flexibility index (Phi) is 4.39. The van der Waals surface area contributed by atoms with E-state index >= 15 is 0 Å². The van der Waals surface area contributed by atoms with Crippen LogP contribution >= 0.6 is 0 Å². The summed E-state index contributed by atoms with van der Waals surface area (Å²) >= 11 is 0. The van der Waals surface area contributed by atoms with Gasteiger partial charge in [0.25, 0.3) is 0 Å². The molecule has 0 saturated carbocycles. The highest BCUT2D eigenvalue weighted by atomic mass is 16.5. The lowest BCUT2D eigenvalue weighted by Gasteiger charge is -2.40. The Morgan fingerprint density at radius 1 is 1.60 bits per heavy atom. The van der Waals surface area contributed by atoms with Crippen LogP contribution in [-0.4, -0.2) is 52.1 Å². The van der Waals surface area contributed by atoms with Gasteiger partial charge in [-0.1, -0.05) is 0 Å². The van der Waals surface area contributed by atoms with Gasteiger partial charge in [-0.3, -0.25) is 9.59 Å². The lowest BCUT2D eigenvalue weighted by molar-refractivity contribution is -0.157. The van der Waals surface area contributed by atoms with Gasteiger partial charge in [-0.2, -0.15) is 0 Å². The van der Waals surface area contributed by atoms with Gasteiger partial charge >= 0.3 is 0 Å². The summed E-state index contributed by atoms with van der Waals surface area (Å²) in [6, 6.07) is -0.284. The highest BCUT2D eigenvalue weighted by Gasteiger charge is 2.39. The van der Waals surface area contributed by atoms with E-state index in [1.165, 1.54) is 6.92 Å². The summed E-state index contributed by atoms with van der Waals surface area (Å²) in [5.41, 5.74) is 0. The van der Waals surface area contributed by atoms with Crippen LogP contribution in [-0.2, 0) is 21.4 Å². The number of rotatable bonds is 4. The zero-order valence-electron chi connectivity index (χ0n) is 12.0. The second kappa shape index (κ2) is 6.04. The van der Waals surface area contributed by atoms with Crippen LogP contribution < -0.4 is 5.32 Å². The zero-order chi connectivity index (χ0) is 14.7. The molecule has 1 aliphatic heterocycles. The molecule has 2 rings (SSSR count). The number of ether oxygens (including phenoxy) is 1. The molecule has 0 aliphatic carbocycles. The van der Waals surface area contributed by atoms with Gasteiger partial charge in [0, 0.05) is 39.5 Å². The third-order valence-electron chi connectivity index (χ3n) is 3.45. The fourth-order valence-corrected chi connectivity index (χ4v) is 2.46. The van der Waals surface area contributed by atoms with E-state index in [0.717, 1.165) is 5.82 Å². The number of likely N-dealkylation sites (N-methyl/N-ethyl adjacent to an activating group) is 1. The number of aryl methyl sites for hydroxylation is 1. The average molecular weight is 280 g/mol. The molecule has 7 nitrogen and oxygen atoms in total. The lowest BCUT2D eigenvalue weighted by atomic mass is 10.1. The van der Waals surface area contributed by atoms with E-state index < -0.39 is 0 Å². The smallest absolute Gasteiger partial charge is 0.249 e. The fourth-order valence-electron chi connectivity index (χ4n) is 2.46. The van der Waals surface area contributed by atoms with Crippen molar-refractivity contribution >= 4 is 11.8 Å². The van der Waals surface area contributed by atoms with Crippen LogP contribution in [0.25, 0.3) is 0 Å². The Morgan fingerprint density at radius 2 is 2.35 bits per heavy atom. The van der Waals surface area contributed by atoms with E-state index in [2.05, 4.69) is 10.3 Å². The molecule has 1 aliphatic rings. The predicted octanol–water partition coefficient (Wildman–Crippen LogP) is -0.155. The molecule has 1 aromatic heterocycles. The number of nitrogens with one attached hydrogen (secondary N) is 1. The van der Waals surface area contributed by atoms with Crippen molar-refractivity contribution in [3.8, 4) is 0 Å². The Balaban J connectivity index is 2.27. The van der Waals surface area contributed by atoms with Crippen molar-refractivity contribution < 1.29 is 14.3 Å². The second-order valence-electron chi connectivity index (χ2n) is 4.81. The quantitative estimate of drug-likeness (QED) is 0.832. The van der Waals surface area contributed by atoms with Crippen molar-refractivity contribution in [2.45, 2.75) is 26.0 Å². The van der Waals surface area contributed by atoms with Crippen LogP contribution in [0.5, 0.6) is 0 Å². The van der Waals surface area contributed by atoms with Gasteiger partial charge < -0.3 is 19.5 Å². The number of hydrogen-bond acceptors (Lipinski definition) is 4. The molecule has 0 unspecified atom stereocenters. The van der Waals surface area contributed by atoms with E-state index in [4.69, 9.17) is 4.74 Å². The van der Waals surface area contributed by atoms with Gasteiger partial charge in [-0.25, -0.2) is 4.98 Å². The number of carbonyl (C=O) groups excluding carboxylic acids is 2. The van der Waals surface area contributed by atoms with Crippen molar-refractivity contribution in [3.63, 3.8) is 0 Å². The van der Waals surface area contributed by atoms with Crippen LogP contribution in [0, 0.1) is 0 Å². The average Bonchev–Trinajstić information content (AvgIpc) is 2.82. The summed E-state index contributed by atoms with van der Waals surface area (Å²) in [5, 5.41) is 2.75. The fraction of sp³-hybridized carbons (Fsp3) is 0.615. The number of hydrogen-bond donors (Lipinski definition) is 1. The number of morpholine rings is 1. The number of carbonyl (C=O) groups is 2. The maximum Gasteiger partial charge on any atom is 0.249 e. The largest absolute Gasteiger partial charge is 0.364 e. The van der Waals surface area contributed by atoms with Crippen molar-refractivity contribution in [1.82, 2.24) is 19.8 Å². The second-order valence-corrected chi connectivity index (χ2v) is 4.81. The standard InChI is InChI=1S/C13H20N4O3/c1-4-17-11(19)8-20-10(7-15-9(2)18)12(17)13-14-5-6-16(13)3/h5-6,10,12H,4,7-8H2,1-3H3,(H,15,18)/t10-,12+/m1/s1. The number of imidazole rings is 1. The topological polar surface area (TPSA) is 76.5 Å². The van der Waals surface area contributed by atoms with E-state index in [1.54, 1.807) is 11.1 Å². The van der Waals surface area contributed by atoms with Crippen LogP contribution in [0.1, 0.15) is 25.7 Å². The van der Waals surface area contributed by atoms with Crippen LogP contribution in [0.15, 0.2) is 12.4 Å². The molecule has 20 heavy (non-hydrogen) atoms. The van der Waals surface area contributed by atoms with Crippen LogP contribution in [0.3, 0.4) is 0 Å². The molecular weight excluding hydrogens is 260 g/mol. The molecule has 2 atom stereocenters. The van der Waals surface area contributed by atoms with Gasteiger partial charge in [0.05, 0.1) is 0 Å². The molecule has 1 N–H and O–H groups in total. The monoisotopic (exact) mass is 280 g/mol. The molecule has 7 heteroatoms. The molecule has 0 aromatic carbocycles. The highest BCUT2D eigenvalue weighted by molar-refractivity contribution is 5.78. The van der Waals surface area contributed by atoms with E-state index in [1.807, 2.05) is 24.7 Å². The minimum absolute atomic E-state index is 0.0407. The molecule has 0 radical (unpaired) electrons. The van der Waals surface area contributed by atoms with E-state index in [0.29, 0.717) is 13.1 Å². The highest BCUT2D eigenvalue weighted by Crippen LogP contribution is 2.28. The van der Waals surface area contributed by atoms with Gasteiger partial charge in [-0.05, 0) is 6.92 Å². The Labute approximate surface area is 117 Å². The summed E-state index contributed by atoms with van der Waals surface area (Å²) in [6.45, 7) is 4.36. The van der Waals surface area contributed by atoms with Gasteiger partial charge in [-0.15, -0.1) is 0 Å². The Hall–Kier alpha value is -1.89. The molecule has 2 heterocycles. The first-order valence-electron chi connectivity index (χ1n) is 6.67. The zero-order valence-corrected chi connectivity index (χ0v) is 12.0. The maximum atomic E-state index is 12.0. The van der Waals surface area contributed by atoms with Crippen LogP contribution in [0.4, 0.5) is 0 Å². The first-order chi connectivity index (χ1) is 9.54. The number of aromatic nitrogens is 2. The molecule has 2 amide bonds. The van der Waals surface area contributed by atoms with Crippen molar-refractivity contribution in [2.75, 3.05) is 19.7 Å². The Bertz CT molecular complexity index is 500. The molecule has 0 bridgehead atoms. The summed E-state index contributed by atoms with van der Waals surface area (Å²) < 4.78 is 7.48. The third-order valence-corrected chi connectivity index (χ3v) is 3.45. The third kappa shape index (κ3) is 2.82. The first-order valence-corrected chi connectivity index (χ1v) is 6.67. The minimum Gasteiger partial charge on any atom is -0.364 e. The van der Waals surface area contributed by atoms with E-state index in [-0.39, 0.29) is 30.6 Å². The summed E-state index contributed by atoms with van der Waals surface area (Å²) in [5.74, 6) is 0.585. The molecule has 0 spiro atoms. The van der Waals surface area contributed by atoms with E-state index in [9.17, 15) is 9.59 Å². The summed E-state index contributed by atoms with van der Waals surface area (Å²) in [7, 11) is 1.88. The van der Waals surface area contributed by atoms with Crippen molar-refractivity contribution in [1.29, 1.82) is 0 Å². The normalized spacial score (nSPS) is 22.9. The minimum atomic E-state index is -0.294. The predicted molar refractivity (Wildman–Crippen MR) is 71.8 cm³/mol. The molecule has 110 valence electrons. The summed E-state index contributed by atoms with van der Waals surface area (Å²) in [4.78, 5) is 29.2. The molecule has 1 fully saturated rings. The summed E-state index contributed by atoms with van der Waals surface area (Å²) in [6.07, 6.45) is 3.23. The first kappa shape index (κ1) is 14.5. The van der Waals surface area contributed by atoms with Crippen LogP contribution in [0.2, 0.25) is 0 Å². The Morgan fingerprint density at radius 3 is 2.90 bits per heavy atom. The number of amides is 2. The maximum absolute atomic E-state index is 12.0. The molecule has 1 aromatic rings. The van der Waals surface area contributed by atoms with Crippen molar-refractivity contribution in [2.24, 2.45) is 7.05 Å². The van der Waals surface area contributed by atoms with Gasteiger partial charge in [0.15, 0.2) is 0 Å².